The molecule has 0 bridgehead atoms. The third-order valence-electron chi connectivity index (χ3n) is 3.42. The number of nitrogens with zero attached hydrogens (tertiary/aromatic N) is 1. The Bertz CT molecular complexity index is 829. The van der Waals surface area contributed by atoms with E-state index in [2.05, 4.69) is 29.5 Å². The maximum atomic E-state index is 10.8. The Hall–Kier alpha value is -1.39. The number of nitrogen functional groups attached to an aromatic ring is 2. The molecule has 4 N–H and O–H groups in total. The lowest BCUT2D eigenvalue weighted by Gasteiger charge is -2.14. The van der Waals surface area contributed by atoms with Crippen LogP contribution >= 0.6 is 22.6 Å². The molecular formula is C16H22IN3O3S. The van der Waals surface area contributed by atoms with Crippen molar-refractivity contribution in [2.45, 2.75) is 39.0 Å². The minimum absolute atomic E-state index is 0.0851. The van der Waals surface area contributed by atoms with E-state index in [0.717, 1.165) is 21.1 Å². The molecule has 0 saturated heterocycles. The maximum Gasteiger partial charge on any atom is 0.298 e. The standard InChI is InChI=1S/C9H12O3S.C7H10IN3/c1-6-4-7(2)9(8(3)5-6)13(10,11)12;1-2-5-3-6(8)4-11(10)7(5)9/h4-5H,1-3H3,(H,10,11,12);3-4,9H,2,10H2,1H3. The number of anilines is 1. The molecule has 2 aromatic rings. The molecule has 0 unspecified atom stereocenters. The Kier molecular flexibility index (Phi) is 6.99. The largest absolute Gasteiger partial charge is 0.744 e. The van der Waals surface area contributed by atoms with Crippen molar-refractivity contribution >= 4 is 38.5 Å². The lowest BCUT2D eigenvalue weighted by atomic mass is 10.1. The van der Waals surface area contributed by atoms with Crippen LogP contribution in [0, 0.1) is 24.3 Å². The molecule has 0 fully saturated rings. The quantitative estimate of drug-likeness (QED) is 0.306. The molecule has 0 saturated carbocycles. The van der Waals surface area contributed by atoms with Crippen molar-refractivity contribution in [3.63, 3.8) is 0 Å². The van der Waals surface area contributed by atoms with Crippen molar-refractivity contribution in [3.05, 3.63) is 50.2 Å². The van der Waals surface area contributed by atoms with Gasteiger partial charge in [0.25, 0.3) is 5.82 Å². The van der Waals surface area contributed by atoms with Crippen LogP contribution in [0.25, 0.3) is 0 Å². The second-order valence-corrected chi connectivity index (χ2v) is 8.07. The number of hydrogen-bond acceptors (Lipinski definition) is 5. The van der Waals surface area contributed by atoms with Crippen LogP contribution in [-0.2, 0) is 16.5 Å². The molecular weight excluding hydrogens is 441 g/mol. The van der Waals surface area contributed by atoms with Crippen molar-refractivity contribution in [1.82, 2.24) is 0 Å². The van der Waals surface area contributed by atoms with Gasteiger partial charge in [-0.05, 0) is 67.0 Å². The van der Waals surface area contributed by atoms with E-state index in [1.807, 2.05) is 13.0 Å². The summed E-state index contributed by atoms with van der Waals surface area (Å²) in [5.41, 5.74) is 8.80. The first kappa shape index (κ1) is 20.7. The fraction of sp³-hybridized carbons (Fsp3) is 0.312. The molecule has 0 amide bonds. The van der Waals surface area contributed by atoms with Gasteiger partial charge in [-0.25, -0.2) is 8.42 Å². The summed E-state index contributed by atoms with van der Waals surface area (Å²) in [4.78, 5) is -0.0851. The summed E-state index contributed by atoms with van der Waals surface area (Å²) in [6.45, 7) is 7.18. The number of halogens is 1. The summed E-state index contributed by atoms with van der Waals surface area (Å²) < 4.78 is 35.1. The number of benzene rings is 1. The van der Waals surface area contributed by atoms with Crippen molar-refractivity contribution in [1.29, 1.82) is 0 Å². The van der Waals surface area contributed by atoms with E-state index >= 15 is 0 Å². The first-order valence-electron chi connectivity index (χ1n) is 7.25. The van der Waals surface area contributed by atoms with Crippen molar-refractivity contribution in [2.75, 3.05) is 11.6 Å². The second-order valence-electron chi connectivity index (χ2n) is 5.51. The molecule has 24 heavy (non-hydrogen) atoms. The molecule has 0 spiro atoms. The van der Waals surface area contributed by atoms with Crippen LogP contribution in [0.3, 0.4) is 0 Å². The first-order valence-corrected chi connectivity index (χ1v) is 9.74. The van der Waals surface area contributed by atoms with Crippen LogP contribution in [-0.4, -0.2) is 13.0 Å². The van der Waals surface area contributed by atoms with Gasteiger partial charge in [0.1, 0.15) is 16.3 Å². The highest BCUT2D eigenvalue weighted by Crippen LogP contribution is 2.20. The Labute approximate surface area is 156 Å². The SMILES string of the molecule is CCc1cc(I)c[n+](N)c1N.Cc1cc(C)c(S(=O)(=O)[O-])c(C)c1. The summed E-state index contributed by atoms with van der Waals surface area (Å²) in [6, 6.07) is 5.43. The molecule has 8 heteroatoms. The highest BCUT2D eigenvalue weighted by molar-refractivity contribution is 14.1. The molecule has 0 aliphatic carbocycles. The Morgan fingerprint density at radius 1 is 1.17 bits per heavy atom. The van der Waals surface area contributed by atoms with Crippen molar-refractivity contribution < 1.29 is 17.6 Å². The first-order chi connectivity index (χ1) is 11.0. The van der Waals surface area contributed by atoms with Gasteiger partial charge in [0, 0.05) is 5.56 Å². The number of pyridine rings is 1. The van der Waals surface area contributed by atoms with E-state index in [1.54, 1.807) is 32.2 Å². The predicted molar refractivity (Wildman–Crippen MR) is 102 cm³/mol. The van der Waals surface area contributed by atoms with Gasteiger partial charge in [-0.1, -0.05) is 24.6 Å². The lowest BCUT2D eigenvalue weighted by molar-refractivity contribution is -0.624. The predicted octanol–water partition coefficient (Wildman–Crippen LogP) is 1.95. The van der Waals surface area contributed by atoms with E-state index in [4.69, 9.17) is 11.6 Å². The van der Waals surface area contributed by atoms with Crippen LogP contribution < -0.4 is 16.3 Å². The Balaban J connectivity index is 0.000000243. The van der Waals surface area contributed by atoms with E-state index in [1.165, 1.54) is 4.68 Å². The van der Waals surface area contributed by atoms with E-state index in [-0.39, 0.29) is 4.90 Å². The van der Waals surface area contributed by atoms with E-state index in [0.29, 0.717) is 16.9 Å². The average Bonchev–Trinajstić information content (AvgIpc) is 2.40. The number of nitrogens with two attached hydrogens (primary N) is 2. The van der Waals surface area contributed by atoms with Gasteiger partial charge < -0.3 is 4.55 Å². The van der Waals surface area contributed by atoms with Crippen LogP contribution in [0.5, 0.6) is 0 Å². The van der Waals surface area contributed by atoms with Gasteiger partial charge in [0.15, 0.2) is 0 Å². The zero-order valence-electron chi connectivity index (χ0n) is 14.1. The molecule has 0 radical (unpaired) electrons. The van der Waals surface area contributed by atoms with Crippen LogP contribution in [0.15, 0.2) is 29.3 Å². The van der Waals surface area contributed by atoms with E-state index < -0.39 is 10.1 Å². The Morgan fingerprint density at radius 3 is 2.08 bits per heavy atom. The summed E-state index contributed by atoms with van der Waals surface area (Å²) in [5, 5.41) is 0. The van der Waals surface area contributed by atoms with Crippen LogP contribution in [0.2, 0.25) is 0 Å². The van der Waals surface area contributed by atoms with E-state index in [9.17, 15) is 13.0 Å². The van der Waals surface area contributed by atoms with Gasteiger partial charge in [0.05, 0.1) is 8.47 Å². The van der Waals surface area contributed by atoms with Gasteiger partial charge >= 0.3 is 0 Å². The van der Waals surface area contributed by atoms with Gasteiger partial charge in [-0.3, -0.25) is 11.6 Å². The van der Waals surface area contributed by atoms with Gasteiger partial charge in [-0.15, -0.1) is 4.68 Å². The number of rotatable bonds is 2. The molecule has 6 nitrogen and oxygen atoms in total. The molecule has 2 rings (SSSR count). The molecule has 1 aromatic carbocycles. The highest BCUT2D eigenvalue weighted by atomic mass is 127. The van der Waals surface area contributed by atoms with Crippen LogP contribution in [0.4, 0.5) is 5.82 Å². The molecule has 1 aromatic heterocycles. The minimum atomic E-state index is -4.33. The summed E-state index contributed by atoms with van der Waals surface area (Å²) in [6.07, 6.45) is 2.72. The molecule has 0 atom stereocenters. The third kappa shape index (κ3) is 5.32. The lowest BCUT2D eigenvalue weighted by Crippen LogP contribution is -2.47. The van der Waals surface area contributed by atoms with Gasteiger partial charge in [-0.2, -0.15) is 0 Å². The smallest absolute Gasteiger partial charge is 0.298 e. The summed E-state index contributed by atoms with van der Waals surface area (Å²) >= 11 is 2.21. The summed E-state index contributed by atoms with van der Waals surface area (Å²) in [7, 11) is -4.33. The normalized spacial score (nSPS) is 10.9. The highest BCUT2D eigenvalue weighted by Gasteiger charge is 2.09. The third-order valence-corrected chi connectivity index (χ3v) is 5.15. The number of aromatic nitrogens is 1. The fourth-order valence-electron chi connectivity index (χ4n) is 2.49. The zero-order chi connectivity index (χ0) is 18.7. The van der Waals surface area contributed by atoms with Gasteiger partial charge in [0.2, 0.25) is 0 Å². The molecule has 1 heterocycles. The average molecular weight is 463 g/mol. The zero-order valence-corrected chi connectivity index (χ0v) is 17.1. The van der Waals surface area contributed by atoms with Crippen molar-refractivity contribution in [3.8, 4) is 0 Å². The van der Waals surface area contributed by atoms with Crippen LogP contribution in [0.1, 0.15) is 29.2 Å². The Morgan fingerprint density at radius 2 is 1.67 bits per heavy atom. The molecule has 0 aliphatic rings. The number of hydrogen-bond donors (Lipinski definition) is 2. The van der Waals surface area contributed by atoms with Crippen molar-refractivity contribution in [2.24, 2.45) is 0 Å². The minimum Gasteiger partial charge on any atom is -0.744 e. The summed E-state index contributed by atoms with van der Waals surface area (Å²) in [5.74, 6) is 6.23. The number of aryl methyl sites for hydroxylation is 4. The fourth-order valence-corrected chi connectivity index (χ4v) is 4.07. The topological polar surface area (TPSA) is 113 Å². The molecule has 0 aliphatic heterocycles. The second kappa shape index (κ2) is 8.13. The maximum absolute atomic E-state index is 10.8. The molecule has 132 valence electrons. The monoisotopic (exact) mass is 463 g/mol.